The van der Waals surface area contributed by atoms with Crippen molar-refractivity contribution in [3.63, 3.8) is 0 Å². The summed E-state index contributed by atoms with van der Waals surface area (Å²) in [5.74, 6) is 1.20. The second-order valence-corrected chi connectivity index (χ2v) is 11.9. The molecule has 7 rings (SSSR count). The molecule has 11 heteroatoms. The van der Waals surface area contributed by atoms with Gasteiger partial charge in [-0.2, -0.15) is 9.61 Å². The highest BCUT2D eigenvalue weighted by molar-refractivity contribution is 6.00. The molecular weight excluding hydrogens is 554 g/mol. The number of amides is 1. The molecule has 0 aliphatic carbocycles. The van der Waals surface area contributed by atoms with Gasteiger partial charge in [-0.1, -0.05) is 43.3 Å². The summed E-state index contributed by atoms with van der Waals surface area (Å²) in [5, 5.41) is 13.0. The first-order valence-corrected chi connectivity index (χ1v) is 15.3. The number of hydrogen-bond acceptors (Lipinski definition) is 8. The Morgan fingerprint density at radius 3 is 2.39 bits per heavy atom. The summed E-state index contributed by atoms with van der Waals surface area (Å²) in [4.78, 5) is 38.6. The van der Waals surface area contributed by atoms with Crippen LogP contribution in [0.15, 0.2) is 54.9 Å². The average molecular weight is 590 g/mol. The van der Waals surface area contributed by atoms with E-state index in [0.29, 0.717) is 42.1 Å². The van der Waals surface area contributed by atoms with Crippen molar-refractivity contribution in [2.75, 3.05) is 5.73 Å². The third-order valence-corrected chi connectivity index (χ3v) is 9.14. The second kappa shape index (κ2) is 11.0. The van der Waals surface area contributed by atoms with E-state index in [9.17, 15) is 9.59 Å². The molecule has 224 valence electrons. The van der Waals surface area contributed by atoms with Gasteiger partial charge in [0, 0.05) is 47.4 Å². The van der Waals surface area contributed by atoms with Gasteiger partial charge >= 0.3 is 0 Å². The SMILES string of the molecule is CCCn1c(C)nnc1C(=O)N1C2CCC1CC(c1nc3c(-c4ccc(-c5ccccc5)nc4)cnn3c(N)c1C(C)=O)C2. The molecule has 0 radical (unpaired) electrons. The maximum absolute atomic E-state index is 13.8. The molecule has 2 fully saturated rings. The summed E-state index contributed by atoms with van der Waals surface area (Å²) in [5.41, 5.74) is 11.9. The Morgan fingerprint density at radius 2 is 1.73 bits per heavy atom. The van der Waals surface area contributed by atoms with E-state index in [1.54, 1.807) is 10.7 Å². The Morgan fingerprint density at radius 1 is 0.977 bits per heavy atom. The van der Waals surface area contributed by atoms with E-state index >= 15 is 0 Å². The third-order valence-electron chi connectivity index (χ3n) is 9.14. The molecule has 2 bridgehead atoms. The van der Waals surface area contributed by atoms with Crippen LogP contribution in [0.1, 0.15) is 84.4 Å². The van der Waals surface area contributed by atoms with Crippen molar-refractivity contribution in [2.45, 2.75) is 77.4 Å². The molecule has 0 saturated carbocycles. The Labute approximate surface area is 255 Å². The number of Topliss-reactive ketones (excluding diaryl/α,β-unsaturated/α-hetero) is 1. The lowest BCUT2D eigenvalue weighted by Gasteiger charge is -2.39. The van der Waals surface area contributed by atoms with Crippen molar-refractivity contribution in [2.24, 2.45) is 0 Å². The normalized spacial score (nSPS) is 19.5. The fraction of sp³-hybridized carbons (Fsp3) is 0.364. The van der Waals surface area contributed by atoms with Gasteiger partial charge < -0.3 is 15.2 Å². The van der Waals surface area contributed by atoms with Crippen molar-refractivity contribution in [3.05, 3.63) is 77.8 Å². The van der Waals surface area contributed by atoms with E-state index in [4.69, 9.17) is 15.7 Å². The molecule has 2 aliphatic rings. The van der Waals surface area contributed by atoms with Crippen LogP contribution < -0.4 is 5.73 Å². The molecule has 2 atom stereocenters. The Kier molecular flexibility index (Phi) is 6.95. The van der Waals surface area contributed by atoms with Crippen LogP contribution in [0.5, 0.6) is 0 Å². The number of benzene rings is 1. The van der Waals surface area contributed by atoms with Crippen LogP contribution in [0, 0.1) is 6.92 Å². The van der Waals surface area contributed by atoms with Crippen LogP contribution in [0.3, 0.4) is 0 Å². The zero-order chi connectivity index (χ0) is 30.5. The van der Waals surface area contributed by atoms with Gasteiger partial charge in [-0.25, -0.2) is 4.98 Å². The molecular formula is C33H35N9O2. The minimum Gasteiger partial charge on any atom is -0.383 e. The molecule has 2 saturated heterocycles. The first kappa shape index (κ1) is 27.9. The standard InChI is InChI=1S/C33H35N9O2/c1-4-14-40-20(3)38-39-32(40)33(44)41-24-11-12-25(41)16-23(15-24)29-28(19(2)43)30(34)42-31(37-29)26(18-36-42)22-10-13-27(35-17-22)21-8-6-5-7-9-21/h5-10,13,17-18,23-25H,4,11-12,14-16,34H2,1-3H3. The molecule has 11 nitrogen and oxygen atoms in total. The Bertz CT molecular complexity index is 1860. The second-order valence-electron chi connectivity index (χ2n) is 11.9. The van der Waals surface area contributed by atoms with Gasteiger partial charge in [0.25, 0.3) is 5.91 Å². The highest BCUT2D eigenvalue weighted by Gasteiger charge is 2.46. The number of carbonyl (C=O) groups excluding carboxylic acids is 2. The number of carbonyl (C=O) groups is 2. The minimum atomic E-state index is -0.146. The summed E-state index contributed by atoms with van der Waals surface area (Å²) >= 11 is 0. The number of nitrogen functional groups attached to an aromatic ring is 1. The zero-order valence-corrected chi connectivity index (χ0v) is 25.1. The molecule has 1 amide bonds. The summed E-state index contributed by atoms with van der Waals surface area (Å²) in [7, 11) is 0. The van der Waals surface area contributed by atoms with Crippen molar-refractivity contribution >= 4 is 23.2 Å². The molecule has 44 heavy (non-hydrogen) atoms. The van der Waals surface area contributed by atoms with Gasteiger partial charge in [0.1, 0.15) is 11.6 Å². The molecule has 6 heterocycles. The number of fused-ring (bicyclic) bond motifs is 3. The first-order chi connectivity index (χ1) is 21.4. The number of nitrogens with zero attached hydrogens (tertiary/aromatic N) is 8. The fourth-order valence-electron chi connectivity index (χ4n) is 7.10. The summed E-state index contributed by atoms with van der Waals surface area (Å²) in [6.45, 7) is 6.19. The van der Waals surface area contributed by atoms with Crippen molar-refractivity contribution < 1.29 is 9.59 Å². The quantitative estimate of drug-likeness (QED) is 0.259. The molecule has 0 spiro atoms. The maximum atomic E-state index is 13.8. The van der Waals surface area contributed by atoms with Gasteiger partial charge in [-0.05, 0) is 52.0 Å². The van der Waals surface area contributed by atoms with Crippen LogP contribution in [0.2, 0.25) is 0 Å². The molecule has 2 aliphatic heterocycles. The number of piperidine rings is 1. The number of hydrogen-bond donors (Lipinski definition) is 1. The Hall–Kier alpha value is -4.93. The average Bonchev–Trinajstić information content (AvgIpc) is 3.70. The van der Waals surface area contributed by atoms with Crippen LogP contribution in [-0.2, 0) is 6.54 Å². The van der Waals surface area contributed by atoms with E-state index in [-0.39, 0.29) is 35.5 Å². The van der Waals surface area contributed by atoms with E-state index in [2.05, 4.69) is 22.2 Å². The van der Waals surface area contributed by atoms with Gasteiger partial charge in [0.05, 0.1) is 23.1 Å². The molecule has 5 aromatic rings. The largest absolute Gasteiger partial charge is 0.383 e. The van der Waals surface area contributed by atoms with E-state index in [0.717, 1.165) is 47.5 Å². The smallest absolute Gasteiger partial charge is 0.292 e. The van der Waals surface area contributed by atoms with Gasteiger partial charge in [-0.15, -0.1) is 10.2 Å². The maximum Gasteiger partial charge on any atom is 0.292 e. The monoisotopic (exact) mass is 589 g/mol. The highest BCUT2D eigenvalue weighted by atomic mass is 16.2. The van der Waals surface area contributed by atoms with Crippen LogP contribution in [0.25, 0.3) is 28.0 Å². The van der Waals surface area contributed by atoms with E-state index in [1.165, 1.54) is 6.92 Å². The number of nitrogens with two attached hydrogens (primary N) is 1. The molecule has 2 unspecified atom stereocenters. The summed E-state index contributed by atoms with van der Waals surface area (Å²) in [6, 6.07) is 14.0. The predicted octanol–water partition coefficient (Wildman–Crippen LogP) is 5.10. The van der Waals surface area contributed by atoms with Gasteiger partial charge in [-0.3, -0.25) is 14.6 Å². The van der Waals surface area contributed by atoms with Gasteiger partial charge in [0.15, 0.2) is 11.4 Å². The number of anilines is 1. The highest BCUT2D eigenvalue weighted by Crippen LogP contribution is 2.45. The van der Waals surface area contributed by atoms with Crippen LogP contribution in [0.4, 0.5) is 5.82 Å². The number of rotatable bonds is 7. The van der Waals surface area contributed by atoms with E-state index < -0.39 is 0 Å². The van der Waals surface area contributed by atoms with E-state index in [1.807, 2.05) is 65.1 Å². The van der Waals surface area contributed by atoms with Crippen molar-refractivity contribution in [3.8, 4) is 22.4 Å². The summed E-state index contributed by atoms with van der Waals surface area (Å²) < 4.78 is 3.47. The number of aryl methyl sites for hydroxylation is 1. The number of ketones is 1. The van der Waals surface area contributed by atoms with Crippen LogP contribution >= 0.6 is 0 Å². The first-order valence-electron chi connectivity index (χ1n) is 15.3. The lowest BCUT2D eigenvalue weighted by atomic mass is 9.85. The zero-order valence-electron chi connectivity index (χ0n) is 25.1. The molecule has 4 aromatic heterocycles. The molecule has 2 N–H and O–H groups in total. The van der Waals surface area contributed by atoms with Gasteiger partial charge in [0.2, 0.25) is 5.82 Å². The third kappa shape index (κ3) is 4.54. The van der Waals surface area contributed by atoms with Crippen LogP contribution in [-0.4, -0.2) is 63.0 Å². The lowest BCUT2D eigenvalue weighted by molar-refractivity contribution is 0.0549. The van der Waals surface area contributed by atoms with Crippen molar-refractivity contribution in [1.82, 2.24) is 39.2 Å². The minimum absolute atomic E-state index is 0.0245. The number of aromatic nitrogens is 7. The fourth-order valence-corrected chi connectivity index (χ4v) is 7.10. The van der Waals surface area contributed by atoms with Crippen molar-refractivity contribution in [1.29, 1.82) is 0 Å². The topological polar surface area (TPSA) is 137 Å². The predicted molar refractivity (Wildman–Crippen MR) is 166 cm³/mol. The number of pyridine rings is 1. The Balaban J connectivity index is 1.23. The molecule has 1 aromatic carbocycles. The lowest BCUT2D eigenvalue weighted by Crippen LogP contribution is -2.47. The summed E-state index contributed by atoms with van der Waals surface area (Å²) in [6.07, 6.45) is 7.63.